The smallest absolute Gasteiger partial charge is 0.226 e. The number of hydrogen-bond acceptors (Lipinski definition) is 3. The molecule has 0 spiro atoms. The molecule has 1 amide bonds. The molecule has 0 aliphatic carbocycles. The molecule has 4 heteroatoms. The molecule has 3 atom stereocenters. The van der Waals surface area contributed by atoms with Gasteiger partial charge in [0.15, 0.2) is 0 Å². The van der Waals surface area contributed by atoms with Crippen molar-refractivity contribution in [3.05, 3.63) is 71.3 Å². The molecule has 23 heavy (non-hydrogen) atoms. The number of carbonyl (C=O) groups is 1. The summed E-state index contributed by atoms with van der Waals surface area (Å²) in [5, 5.41) is 3.13. The van der Waals surface area contributed by atoms with Crippen LogP contribution in [0.4, 0.5) is 0 Å². The summed E-state index contributed by atoms with van der Waals surface area (Å²) in [6.07, 6.45) is 0. The molecule has 1 saturated heterocycles. The van der Waals surface area contributed by atoms with Crippen LogP contribution >= 0.6 is 0 Å². The number of carbonyl (C=O) groups excluding carboxylic acids is 1. The first-order chi connectivity index (χ1) is 11.1. The van der Waals surface area contributed by atoms with E-state index in [0.29, 0.717) is 6.54 Å². The van der Waals surface area contributed by atoms with Crippen molar-refractivity contribution in [3.8, 4) is 0 Å². The molecular formula is C19H23N3O. The fraction of sp³-hybridized carbons (Fsp3) is 0.316. The summed E-state index contributed by atoms with van der Waals surface area (Å²) in [4.78, 5) is 12.7. The molecule has 4 nitrogen and oxygen atoms in total. The van der Waals surface area contributed by atoms with E-state index >= 15 is 0 Å². The lowest BCUT2D eigenvalue weighted by atomic mass is 9.93. The fourth-order valence-electron chi connectivity index (χ4n) is 2.98. The maximum absolute atomic E-state index is 12.7. The second-order valence-electron chi connectivity index (χ2n) is 6.16. The van der Waals surface area contributed by atoms with Crippen molar-refractivity contribution in [3.63, 3.8) is 0 Å². The van der Waals surface area contributed by atoms with Gasteiger partial charge in [-0.1, -0.05) is 60.2 Å². The summed E-state index contributed by atoms with van der Waals surface area (Å²) in [5.74, 6) is -0.0479. The third-order valence-corrected chi connectivity index (χ3v) is 4.41. The van der Waals surface area contributed by atoms with E-state index in [1.807, 2.05) is 37.3 Å². The standard InChI is InChI=1S/C19H23N3O/c1-13-8-10-16(11-9-13)18-17(12-20-22-18)19(23)21-14(2)15-6-4-3-5-7-15/h3-11,14,17-18,20,22H,12H2,1-2H3,(H,21,23). The van der Waals surface area contributed by atoms with E-state index in [1.165, 1.54) is 5.56 Å². The lowest BCUT2D eigenvalue weighted by Crippen LogP contribution is -2.36. The van der Waals surface area contributed by atoms with Crippen LogP contribution in [0.1, 0.15) is 35.7 Å². The molecule has 1 aliphatic rings. The van der Waals surface area contributed by atoms with Crippen molar-refractivity contribution in [1.82, 2.24) is 16.2 Å². The normalized spacial score (nSPS) is 21.8. The van der Waals surface area contributed by atoms with Crippen molar-refractivity contribution in [2.24, 2.45) is 5.92 Å². The van der Waals surface area contributed by atoms with Crippen LogP contribution < -0.4 is 16.2 Å². The average Bonchev–Trinajstić information content (AvgIpc) is 3.06. The second-order valence-corrected chi connectivity index (χ2v) is 6.16. The Kier molecular flexibility index (Phi) is 4.74. The minimum Gasteiger partial charge on any atom is -0.349 e. The van der Waals surface area contributed by atoms with Gasteiger partial charge in [-0.25, -0.2) is 5.43 Å². The van der Waals surface area contributed by atoms with Gasteiger partial charge in [-0.3, -0.25) is 10.2 Å². The van der Waals surface area contributed by atoms with E-state index in [1.54, 1.807) is 0 Å². The highest BCUT2D eigenvalue weighted by Gasteiger charge is 2.34. The first-order valence-electron chi connectivity index (χ1n) is 8.05. The van der Waals surface area contributed by atoms with E-state index in [-0.39, 0.29) is 23.9 Å². The molecule has 3 unspecified atom stereocenters. The molecule has 1 heterocycles. The van der Waals surface area contributed by atoms with Crippen LogP contribution in [-0.4, -0.2) is 12.5 Å². The molecule has 0 bridgehead atoms. The Labute approximate surface area is 137 Å². The fourth-order valence-corrected chi connectivity index (χ4v) is 2.98. The van der Waals surface area contributed by atoms with Crippen molar-refractivity contribution >= 4 is 5.91 Å². The van der Waals surface area contributed by atoms with Crippen LogP contribution in [-0.2, 0) is 4.79 Å². The Balaban J connectivity index is 1.69. The number of hydrogen-bond donors (Lipinski definition) is 3. The largest absolute Gasteiger partial charge is 0.349 e. The molecule has 1 aliphatic heterocycles. The molecule has 0 aromatic heterocycles. The number of rotatable bonds is 4. The summed E-state index contributed by atoms with van der Waals surface area (Å²) >= 11 is 0. The Morgan fingerprint density at radius 2 is 1.83 bits per heavy atom. The average molecular weight is 309 g/mol. The molecule has 0 radical (unpaired) electrons. The van der Waals surface area contributed by atoms with Gasteiger partial charge < -0.3 is 5.32 Å². The molecule has 0 saturated carbocycles. The zero-order valence-electron chi connectivity index (χ0n) is 13.5. The molecule has 1 fully saturated rings. The van der Waals surface area contributed by atoms with Gasteiger partial charge in [-0.05, 0) is 25.0 Å². The maximum atomic E-state index is 12.7. The van der Waals surface area contributed by atoms with E-state index in [4.69, 9.17) is 0 Å². The summed E-state index contributed by atoms with van der Waals surface area (Å²) in [6, 6.07) is 18.4. The molecule has 120 valence electrons. The first kappa shape index (κ1) is 15.7. The molecular weight excluding hydrogens is 286 g/mol. The number of nitrogens with one attached hydrogen (secondary N) is 3. The SMILES string of the molecule is Cc1ccc(C2NNCC2C(=O)NC(C)c2ccccc2)cc1. The Morgan fingerprint density at radius 3 is 2.52 bits per heavy atom. The van der Waals surface area contributed by atoms with E-state index < -0.39 is 0 Å². The molecule has 3 rings (SSSR count). The van der Waals surface area contributed by atoms with Crippen LogP contribution in [0.5, 0.6) is 0 Å². The molecule has 2 aromatic rings. The van der Waals surface area contributed by atoms with Crippen molar-refractivity contribution in [2.75, 3.05) is 6.54 Å². The van der Waals surface area contributed by atoms with Gasteiger partial charge in [0.2, 0.25) is 5.91 Å². The van der Waals surface area contributed by atoms with Crippen molar-refractivity contribution < 1.29 is 4.79 Å². The minimum atomic E-state index is -0.121. The van der Waals surface area contributed by atoms with Crippen LogP contribution in [0, 0.1) is 12.8 Å². The van der Waals surface area contributed by atoms with Crippen LogP contribution in [0.15, 0.2) is 54.6 Å². The van der Waals surface area contributed by atoms with Gasteiger partial charge in [-0.2, -0.15) is 0 Å². The second kappa shape index (κ2) is 6.94. The summed E-state index contributed by atoms with van der Waals surface area (Å²) < 4.78 is 0. The van der Waals surface area contributed by atoms with Gasteiger partial charge in [0, 0.05) is 6.54 Å². The van der Waals surface area contributed by atoms with E-state index in [0.717, 1.165) is 11.1 Å². The quantitative estimate of drug-likeness (QED) is 0.814. The number of amides is 1. The zero-order chi connectivity index (χ0) is 16.2. The highest BCUT2D eigenvalue weighted by molar-refractivity contribution is 5.80. The van der Waals surface area contributed by atoms with Crippen LogP contribution in [0.25, 0.3) is 0 Å². The molecule has 2 aromatic carbocycles. The summed E-state index contributed by atoms with van der Waals surface area (Å²) in [7, 11) is 0. The highest BCUT2D eigenvalue weighted by atomic mass is 16.2. The summed E-state index contributed by atoms with van der Waals surface area (Å²) in [6.45, 7) is 4.71. The first-order valence-corrected chi connectivity index (χ1v) is 8.05. The van der Waals surface area contributed by atoms with Crippen LogP contribution in [0.3, 0.4) is 0 Å². The lowest BCUT2D eigenvalue weighted by Gasteiger charge is -2.21. The van der Waals surface area contributed by atoms with Gasteiger partial charge in [0.25, 0.3) is 0 Å². The van der Waals surface area contributed by atoms with E-state index in [2.05, 4.69) is 47.4 Å². The van der Waals surface area contributed by atoms with E-state index in [9.17, 15) is 4.79 Å². The van der Waals surface area contributed by atoms with Crippen LogP contribution in [0.2, 0.25) is 0 Å². The van der Waals surface area contributed by atoms with Gasteiger partial charge in [-0.15, -0.1) is 0 Å². The Morgan fingerprint density at radius 1 is 1.13 bits per heavy atom. The zero-order valence-corrected chi connectivity index (χ0v) is 13.5. The van der Waals surface area contributed by atoms with Gasteiger partial charge in [0.05, 0.1) is 18.0 Å². The third kappa shape index (κ3) is 3.60. The van der Waals surface area contributed by atoms with Crippen molar-refractivity contribution in [1.29, 1.82) is 0 Å². The van der Waals surface area contributed by atoms with Gasteiger partial charge >= 0.3 is 0 Å². The number of aryl methyl sites for hydroxylation is 1. The minimum absolute atomic E-state index is 0.00132. The predicted octanol–water partition coefficient (Wildman–Crippen LogP) is 2.64. The predicted molar refractivity (Wildman–Crippen MR) is 91.5 cm³/mol. The monoisotopic (exact) mass is 309 g/mol. The van der Waals surface area contributed by atoms with Crippen molar-refractivity contribution in [2.45, 2.75) is 25.9 Å². The number of benzene rings is 2. The Bertz CT molecular complexity index is 654. The highest BCUT2D eigenvalue weighted by Crippen LogP contribution is 2.26. The molecule has 3 N–H and O–H groups in total. The number of hydrazine groups is 1. The topological polar surface area (TPSA) is 53.2 Å². The maximum Gasteiger partial charge on any atom is 0.226 e. The van der Waals surface area contributed by atoms with Gasteiger partial charge in [0.1, 0.15) is 0 Å². The Hall–Kier alpha value is -2.17. The lowest BCUT2D eigenvalue weighted by molar-refractivity contribution is -0.125. The summed E-state index contributed by atoms with van der Waals surface area (Å²) in [5.41, 5.74) is 9.81. The third-order valence-electron chi connectivity index (χ3n) is 4.41.